The molecule has 0 fully saturated rings. The van der Waals surface area contributed by atoms with Crippen LogP contribution in [0.3, 0.4) is 0 Å². The number of pyridine rings is 1. The van der Waals surface area contributed by atoms with E-state index < -0.39 is 0 Å². The molecule has 17 heavy (non-hydrogen) atoms. The number of nitrogens with one attached hydrogen (secondary N) is 1. The van der Waals surface area contributed by atoms with Crippen LogP contribution in [0.2, 0.25) is 0 Å². The summed E-state index contributed by atoms with van der Waals surface area (Å²) in [5, 5.41) is 9.92. The van der Waals surface area contributed by atoms with Gasteiger partial charge >= 0.3 is 0 Å². The third-order valence-corrected chi connectivity index (χ3v) is 3.03. The van der Waals surface area contributed by atoms with E-state index >= 15 is 0 Å². The van der Waals surface area contributed by atoms with E-state index in [9.17, 15) is 9.90 Å². The highest BCUT2D eigenvalue weighted by Gasteiger charge is 2.11. The molecule has 2 rings (SSSR count). The molecular formula is C14H17NO2. The quantitative estimate of drug-likeness (QED) is 0.834. The van der Waals surface area contributed by atoms with E-state index in [2.05, 4.69) is 18.8 Å². The second-order valence-corrected chi connectivity index (χ2v) is 4.69. The van der Waals surface area contributed by atoms with Gasteiger partial charge in [-0.25, -0.2) is 0 Å². The molecule has 0 aliphatic rings. The van der Waals surface area contributed by atoms with Gasteiger partial charge in [-0.3, -0.25) is 4.79 Å². The third-order valence-electron chi connectivity index (χ3n) is 3.03. The normalized spacial score (nSPS) is 11.4. The maximum atomic E-state index is 12.0. The first-order valence-corrected chi connectivity index (χ1v) is 5.81. The Morgan fingerprint density at radius 2 is 2.06 bits per heavy atom. The molecule has 0 aliphatic heterocycles. The van der Waals surface area contributed by atoms with Gasteiger partial charge in [0.25, 0.3) is 0 Å². The van der Waals surface area contributed by atoms with E-state index in [4.69, 9.17) is 0 Å². The number of hydrogen-bond acceptors (Lipinski definition) is 2. The first kappa shape index (κ1) is 11.9. The van der Waals surface area contributed by atoms with E-state index in [1.165, 1.54) is 0 Å². The monoisotopic (exact) mass is 231 g/mol. The highest BCUT2D eigenvalue weighted by atomic mass is 16.3. The van der Waals surface area contributed by atoms with Crippen LogP contribution in [0.25, 0.3) is 10.9 Å². The Bertz CT molecular complexity index is 611. The Morgan fingerprint density at radius 3 is 2.65 bits per heavy atom. The molecule has 3 heteroatoms. The van der Waals surface area contributed by atoms with Crippen molar-refractivity contribution in [3.05, 3.63) is 45.2 Å². The van der Waals surface area contributed by atoms with Gasteiger partial charge in [-0.15, -0.1) is 0 Å². The van der Waals surface area contributed by atoms with E-state index in [0.29, 0.717) is 16.9 Å². The molecule has 0 amide bonds. The zero-order valence-corrected chi connectivity index (χ0v) is 10.4. The average molecular weight is 231 g/mol. The van der Waals surface area contributed by atoms with Crippen LogP contribution in [0.5, 0.6) is 0 Å². The third kappa shape index (κ3) is 1.98. The summed E-state index contributed by atoms with van der Waals surface area (Å²) in [6.45, 7) is 5.94. The SMILES string of the molecule is Cc1cc(=O)c2c(CO)ccc(C(C)C)c2[nH]1. The van der Waals surface area contributed by atoms with Gasteiger partial charge in [0.1, 0.15) is 0 Å². The minimum Gasteiger partial charge on any atom is -0.392 e. The summed E-state index contributed by atoms with van der Waals surface area (Å²) < 4.78 is 0. The lowest BCUT2D eigenvalue weighted by Gasteiger charge is -2.12. The van der Waals surface area contributed by atoms with Crippen LogP contribution in [0, 0.1) is 6.92 Å². The van der Waals surface area contributed by atoms with Crippen molar-refractivity contribution in [3.63, 3.8) is 0 Å². The molecule has 3 nitrogen and oxygen atoms in total. The summed E-state index contributed by atoms with van der Waals surface area (Å²) in [6, 6.07) is 5.39. The zero-order valence-electron chi connectivity index (χ0n) is 10.4. The predicted molar refractivity (Wildman–Crippen MR) is 69.3 cm³/mol. The molecule has 0 aliphatic carbocycles. The van der Waals surface area contributed by atoms with Gasteiger partial charge in [-0.2, -0.15) is 0 Å². The first-order chi connectivity index (χ1) is 8.04. The average Bonchev–Trinajstić information content (AvgIpc) is 2.26. The van der Waals surface area contributed by atoms with Crippen molar-refractivity contribution in [2.45, 2.75) is 33.3 Å². The predicted octanol–water partition coefficient (Wildman–Crippen LogP) is 2.45. The van der Waals surface area contributed by atoms with Crippen molar-refractivity contribution in [1.29, 1.82) is 0 Å². The number of aliphatic hydroxyl groups excluding tert-OH is 1. The number of aromatic amines is 1. The maximum absolute atomic E-state index is 12.0. The number of aromatic nitrogens is 1. The summed E-state index contributed by atoms with van der Waals surface area (Å²) in [5.41, 5.74) is 3.47. The Kier molecular flexibility index (Phi) is 3.03. The molecule has 2 aromatic rings. The topological polar surface area (TPSA) is 53.1 Å². The lowest BCUT2D eigenvalue weighted by molar-refractivity contribution is 0.283. The molecule has 90 valence electrons. The van der Waals surface area contributed by atoms with Crippen LogP contribution in [-0.4, -0.2) is 10.1 Å². The highest BCUT2D eigenvalue weighted by Crippen LogP contribution is 2.24. The van der Waals surface area contributed by atoms with E-state index in [1.807, 2.05) is 19.1 Å². The van der Waals surface area contributed by atoms with Gasteiger partial charge in [0.15, 0.2) is 5.43 Å². The largest absolute Gasteiger partial charge is 0.392 e. The number of hydrogen-bond donors (Lipinski definition) is 2. The summed E-state index contributed by atoms with van der Waals surface area (Å²) >= 11 is 0. The van der Waals surface area contributed by atoms with Crippen LogP contribution in [-0.2, 0) is 6.61 Å². The van der Waals surface area contributed by atoms with Crippen LogP contribution in [0.1, 0.15) is 36.6 Å². The van der Waals surface area contributed by atoms with Crippen LogP contribution in [0.15, 0.2) is 23.0 Å². The molecule has 0 saturated carbocycles. The summed E-state index contributed by atoms with van der Waals surface area (Å²) in [7, 11) is 0. The molecule has 0 spiro atoms. The number of aliphatic hydroxyl groups is 1. The Balaban J connectivity index is 2.95. The summed E-state index contributed by atoms with van der Waals surface area (Å²) in [5.74, 6) is 0.336. The minimum absolute atomic E-state index is 0.0252. The molecule has 0 atom stereocenters. The molecule has 1 aromatic heterocycles. The summed E-state index contributed by atoms with van der Waals surface area (Å²) in [6.07, 6.45) is 0. The number of rotatable bonds is 2. The van der Waals surface area contributed by atoms with E-state index in [1.54, 1.807) is 6.07 Å². The molecule has 0 bridgehead atoms. The first-order valence-electron chi connectivity index (χ1n) is 5.81. The van der Waals surface area contributed by atoms with Crippen molar-refractivity contribution in [1.82, 2.24) is 4.98 Å². The molecule has 0 unspecified atom stereocenters. The van der Waals surface area contributed by atoms with Gasteiger partial charge in [0, 0.05) is 11.8 Å². The van der Waals surface area contributed by atoms with Crippen molar-refractivity contribution < 1.29 is 5.11 Å². The second-order valence-electron chi connectivity index (χ2n) is 4.69. The molecule has 0 saturated heterocycles. The number of benzene rings is 1. The van der Waals surface area contributed by atoms with E-state index in [0.717, 1.165) is 16.8 Å². The van der Waals surface area contributed by atoms with Crippen LogP contribution >= 0.6 is 0 Å². The van der Waals surface area contributed by atoms with Gasteiger partial charge in [0.05, 0.1) is 17.5 Å². The van der Waals surface area contributed by atoms with Crippen LogP contribution in [0.4, 0.5) is 0 Å². The van der Waals surface area contributed by atoms with Gasteiger partial charge in [-0.05, 0) is 24.0 Å². The lowest BCUT2D eigenvalue weighted by atomic mass is 9.96. The van der Waals surface area contributed by atoms with Crippen molar-refractivity contribution in [2.75, 3.05) is 0 Å². The molecule has 2 N–H and O–H groups in total. The Morgan fingerprint density at radius 1 is 1.35 bits per heavy atom. The molecule has 0 radical (unpaired) electrons. The summed E-state index contributed by atoms with van der Waals surface area (Å²) in [4.78, 5) is 15.3. The van der Waals surface area contributed by atoms with Crippen molar-refractivity contribution in [2.24, 2.45) is 0 Å². The molecule has 1 aromatic carbocycles. The fraction of sp³-hybridized carbons (Fsp3) is 0.357. The number of fused-ring (bicyclic) bond motifs is 1. The van der Waals surface area contributed by atoms with Gasteiger partial charge in [0.2, 0.25) is 0 Å². The van der Waals surface area contributed by atoms with Crippen molar-refractivity contribution in [3.8, 4) is 0 Å². The van der Waals surface area contributed by atoms with E-state index in [-0.39, 0.29) is 12.0 Å². The second kappa shape index (κ2) is 4.34. The minimum atomic E-state index is -0.110. The Hall–Kier alpha value is -1.61. The Labute approximate surface area is 100 Å². The van der Waals surface area contributed by atoms with Gasteiger partial charge < -0.3 is 10.1 Å². The fourth-order valence-electron chi connectivity index (χ4n) is 2.19. The highest BCUT2D eigenvalue weighted by molar-refractivity contribution is 5.85. The molecular weight excluding hydrogens is 214 g/mol. The smallest absolute Gasteiger partial charge is 0.190 e. The van der Waals surface area contributed by atoms with Crippen molar-refractivity contribution >= 4 is 10.9 Å². The zero-order chi connectivity index (χ0) is 12.6. The molecule has 1 heterocycles. The lowest BCUT2D eigenvalue weighted by Crippen LogP contribution is -2.08. The maximum Gasteiger partial charge on any atom is 0.190 e. The fourth-order valence-corrected chi connectivity index (χ4v) is 2.19. The van der Waals surface area contributed by atoms with Gasteiger partial charge in [-0.1, -0.05) is 26.0 Å². The number of aryl methyl sites for hydroxylation is 1. The standard InChI is InChI=1S/C14H17NO2/c1-8(2)11-5-4-10(7-16)13-12(17)6-9(3)15-14(11)13/h4-6,8,16H,7H2,1-3H3,(H,15,17). The van der Waals surface area contributed by atoms with Crippen LogP contribution < -0.4 is 5.43 Å². The number of H-pyrrole nitrogens is 1.